The highest BCUT2D eigenvalue weighted by atomic mass is 19.1. The van der Waals surface area contributed by atoms with Gasteiger partial charge in [0.1, 0.15) is 5.82 Å². The number of amides is 1. The predicted octanol–water partition coefficient (Wildman–Crippen LogP) is 3.83. The number of halogens is 1. The average molecular weight is 326 g/mol. The number of rotatable bonds is 4. The van der Waals surface area contributed by atoms with Crippen LogP contribution in [0, 0.1) is 11.7 Å². The molecule has 1 fully saturated rings. The molecule has 0 radical (unpaired) electrons. The Kier molecular flexibility index (Phi) is 4.95. The molecule has 2 N–H and O–H groups in total. The lowest BCUT2D eigenvalue weighted by molar-refractivity contribution is -0.136. The smallest absolute Gasteiger partial charge is 0.227 e. The monoisotopic (exact) mass is 326 g/mol. The molecule has 0 spiro atoms. The number of hydrogen-bond donors (Lipinski definition) is 1. The van der Waals surface area contributed by atoms with Crippen LogP contribution in [-0.2, 0) is 4.79 Å². The van der Waals surface area contributed by atoms with Gasteiger partial charge >= 0.3 is 0 Å². The molecule has 3 nitrogen and oxygen atoms in total. The largest absolute Gasteiger partial charge is 0.335 e. The molecule has 1 aliphatic heterocycles. The summed E-state index contributed by atoms with van der Waals surface area (Å²) in [7, 11) is 0. The molecule has 0 aliphatic carbocycles. The zero-order valence-corrected chi connectivity index (χ0v) is 13.9. The van der Waals surface area contributed by atoms with Gasteiger partial charge in [-0.05, 0) is 36.1 Å². The summed E-state index contributed by atoms with van der Waals surface area (Å²) in [6, 6.07) is 15.9. The molecule has 3 atom stereocenters. The first-order valence-corrected chi connectivity index (χ1v) is 8.44. The molecule has 0 aromatic heterocycles. The lowest BCUT2D eigenvalue weighted by Crippen LogP contribution is -2.39. The van der Waals surface area contributed by atoms with Crippen molar-refractivity contribution in [3.8, 4) is 0 Å². The van der Waals surface area contributed by atoms with Crippen LogP contribution in [0.4, 0.5) is 4.39 Å². The summed E-state index contributed by atoms with van der Waals surface area (Å²) < 4.78 is 13.2. The fourth-order valence-corrected chi connectivity index (χ4v) is 3.44. The van der Waals surface area contributed by atoms with Gasteiger partial charge in [-0.2, -0.15) is 0 Å². The van der Waals surface area contributed by atoms with Crippen molar-refractivity contribution in [3.05, 3.63) is 71.5 Å². The van der Waals surface area contributed by atoms with Crippen molar-refractivity contribution in [2.24, 2.45) is 11.7 Å². The molecule has 4 heteroatoms. The minimum Gasteiger partial charge on any atom is -0.335 e. The molecule has 1 heterocycles. The molecule has 1 aliphatic rings. The molecule has 3 unspecified atom stereocenters. The molecule has 2 aromatic rings. The van der Waals surface area contributed by atoms with E-state index in [0.29, 0.717) is 0 Å². The van der Waals surface area contributed by atoms with Crippen LogP contribution in [0.15, 0.2) is 54.6 Å². The fourth-order valence-electron chi connectivity index (χ4n) is 3.44. The first kappa shape index (κ1) is 16.7. The van der Waals surface area contributed by atoms with Crippen LogP contribution in [0.1, 0.15) is 43.0 Å². The molecule has 0 bridgehead atoms. The van der Waals surface area contributed by atoms with Crippen LogP contribution < -0.4 is 5.73 Å². The normalized spacial score (nSPS) is 20.0. The number of benzene rings is 2. The lowest BCUT2D eigenvalue weighted by Gasteiger charge is -2.30. The number of carbonyl (C=O) groups excluding carboxylic acids is 1. The fraction of sp³-hybridized carbons (Fsp3) is 0.350. The zero-order valence-electron chi connectivity index (χ0n) is 13.9. The summed E-state index contributed by atoms with van der Waals surface area (Å²) in [5.74, 6) is -0.485. The van der Waals surface area contributed by atoms with Gasteiger partial charge in [0.15, 0.2) is 0 Å². The molecule has 3 rings (SSSR count). The van der Waals surface area contributed by atoms with Gasteiger partial charge in [0.05, 0.1) is 12.0 Å². The first-order valence-electron chi connectivity index (χ1n) is 8.44. The third-order valence-electron chi connectivity index (χ3n) is 4.90. The molecule has 24 heavy (non-hydrogen) atoms. The second kappa shape index (κ2) is 7.14. The second-order valence-corrected chi connectivity index (χ2v) is 6.47. The lowest BCUT2D eigenvalue weighted by atomic mass is 9.93. The van der Waals surface area contributed by atoms with Crippen LogP contribution >= 0.6 is 0 Å². The third kappa shape index (κ3) is 3.34. The number of carbonyl (C=O) groups is 1. The van der Waals surface area contributed by atoms with Gasteiger partial charge in [-0.1, -0.05) is 49.4 Å². The van der Waals surface area contributed by atoms with Gasteiger partial charge < -0.3 is 10.6 Å². The Morgan fingerprint density at radius 1 is 1.17 bits per heavy atom. The van der Waals surface area contributed by atoms with Gasteiger partial charge in [0.2, 0.25) is 5.91 Å². The summed E-state index contributed by atoms with van der Waals surface area (Å²) >= 11 is 0. The van der Waals surface area contributed by atoms with Crippen molar-refractivity contribution in [2.45, 2.75) is 31.8 Å². The minimum atomic E-state index is -0.326. The first-order chi connectivity index (χ1) is 11.6. The van der Waals surface area contributed by atoms with Crippen LogP contribution in [0.25, 0.3) is 0 Å². The highest BCUT2D eigenvalue weighted by Crippen LogP contribution is 2.34. The van der Waals surface area contributed by atoms with E-state index in [4.69, 9.17) is 5.73 Å². The highest BCUT2D eigenvalue weighted by Gasteiger charge is 2.34. The predicted molar refractivity (Wildman–Crippen MR) is 92.6 cm³/mol. The number of likely N-dealkylation sites (tertiary alicyclic amines) is 1. The van der Waals surface area contributed by atoms with Gasteiger partial charge in [0, 0.05) is 12.6 Å². The number of nitrogens with two attached hydrogens (primary N) is 1. The van der Waals surface area contributed by atoms with E-state index in [1.165, 1.54) is 12.1 Å². The van der Waals surface area contributed by atoms with E-state index >= 15 is 0 Å². The van der Waals surface area contributed by atoms with Gasteiger partial charge in [0.25, 0.3) is 0 Å². The van der Waals surface area contributed by atoms with Crippen LogP contribution in [0.3, 0.4) is 0 Å². The Balaban J connectivity index is 1.76. The van der Waals surface area contributed by atoms with E-state index in [9.17, 15) is 9.18 Å². The third-order valence-corrected chi connectivity index (χ3v) is 4.90. The van der Waals surface area contributed by atoms with E-state index in [1.807, 2.05) is 42.2 Å². The zero-order chi connectivity index (χ0) is 17.1. The topological polar surface area (TPSA) is 46.3 Å². The van der Waals surface area contributed by atoms with Gasteiger partial charge in [-0.3, -0.25) is 4.79 Å². The molecular formula is C20H23FN2O. The molecule has 1 saturated heterocycles. The van der Waals surface area contributed by atoms with Crippen LogP contribution in [0.5, 0.6) is 0 Å². The maximum absolute atomic E-state index is 13.2. The highest BCUT2D eigenvalue weighted by molar-refractivity contribution is 5.80. The van der Waals surface area contributed by atoms with Gasteiger partial charge in [-0.15, -0.1) is 0 Å². The Morgan fingerprint density at radius 3 is 2.50 bits per heavy atom. The van der Waals surface area contributed by atoms with Crippen molar-refractivity contribution in [2.75, 3.05) is 6.54 Å². The van der Waals surface area contributed by atoms with Crippen LogP contribution in [0.2, 0.25) is 0 Å². The maximum Gasteiger partial charge on any atom is 0.227 e. The number of hydrogen-bond acceptors (Lipinski definition) is 2. The van der Waals surface area contributed by atoms with Crippen molar-refractivity contribution < 1.29 is 9.18 Å². The summed E-state index contributed by atoms with van der Waals surface area (Å²) in [4.78, 5) is 14.9. The Bertz CT molecular complexity index is 687. The average Bonchev–Trinajstić information content (AvgIpc) is 3.11. The molecule has 126 valence electrons. The van der Waals surface area contributed by atoms with E-state index in [1.54, 1.807) is 12.1 Å². The van der Waals surface area contributed by atoms with E-state index in [0.717, 1.165) is 30.5 Å². The van der Waals surface area contributed by atoms with E-state index in [-0.39, 0.29) is 29.7 Å². The summed E-state index contributed by atoms with van der Waals surface area (Å²) in [6.45, 7) is 2.62. The summed E-state index contributed by atoms with van der Waals surface area (Å²) in [5, 5.41) is 0. The summed E-state index contributed by atoms with van der Waals surface area (Å²) in [5.41, 5.74) is 8.27. The minimum absolute atomic E-state index is 0.0172. The van der Waals surface area contributed by atoms with Crippen molar-refractivity contribution in [1.29, 1.82) is 0 Å². The molecule has 1 amide bonds. The Hall–Kier alpha value is -2.20. The van der Waals surface area contributed by atoms with Crippen molar-refractivity contribution >= 4 is 5.91 Å². The Morgan fingerprint density at radius 2 is 1.83 bits per heavy atom. The molecule has 2 aromatic carbocycles. The Labute approximate surface area is 142 Å². The van der Waals surface area contributed by atoms with Crippen LogP contribution in [-0.4, -0.2) is 17.4 Å². The quantitative estimate of drug-likeness (QED) is 0.928. The second-order valence-electron chi connectivity index (χ2n) is 6.47. The SMILES string of the molecule is CC(C(=O)N1CCCC1c1ccc(F)cc1)C(N)c1ccccc1. The van der Waals surface area contributed by atoms with Gasteiger partial charge in [-0.25, -0.2) is 4.39 Å². The molecule has 0 saturated carbocycles. The van der Waals surface area contributed by atoms with E-state index in [2.05, 4.69) is 0 Å². The maximum atomic E-state index is 13.2. The number of nitrogens with zero attached hydrogens (tertiary/aromatic N) is 1. The van der Waals surface area contributed by atoms with E-state index < -0.39 is 0 Å². The standard InChI is InChI=1S/C20H23FN2O/c1-14(19(22)16-6-3-2-4-7-16)20(24)23-13-5-8-18(23)15-9-11-17(21)12-10-15/h2-4,6-7,9-12,14,18-19H,5,8,13,22H2,1H3. The summed E-state index contributed by atoms with van der Waals surface area (Å²) in [6.07, 6.45) is 1.87. The van der Waals surface area contributed by atoms with Crippen molar-refractivity contribution in [3.63, 3.8) is 0 Å². The van der Waals surface area contributed by atoms with Crippen molar-refractivity contribution in [1.82, 2.24) is 4.90 Å². The molecular weight excluding hydrogens is 303 g/mol.